The van der Waals surface area contributed by atoms with Gasteiger partial charge in [0.25, 0.3) is 11.8 Å². The van der Waals surface area contributed by atoms with E-state index in [-0.39, 0.29) is 17.8 Å². The zero-order valence-corrected chi connectivity index (χ0v) is 24.0. The molecule has 0 radical (unpaired) electrons. The van der Waals surface area contributed by atoms with Crippen LogP contribution >= 0.6 is 11.6 Å². The van der Waals surface area contributed by atoms with Crippen LogP contribution in [-0.2, 0) is 0 Å². The first kappa shape index (κ1) is 29.0. The molecule has 0 atom stereocenters. The van der Waals surface area contributed by atoms with Crippen molar-refractivity contribution in [1.82, 2.24) is 9.80 Å². The molecule has 40 heavy (non-hydrogen) atoms. The van der Waals surface area contributed by atoms with Crippen molar-refractivity contribution in [2.75, 3.05) is 54.8 Å². The summed E-state index contributed by atoms with van der Waals surface area (Å²) in [5.41, 5.74) is 4.18. The molecule has 2 N–H and O–H groups in total. The van der Waals surface area contributed by atoms with Gasteiger partial charge in [0, 0.05) is 66.9 Å². The Balaban J connectivity index is 1.53. The van der Waals surface area contributed by atoms with Crippen LogP contribution in [0, 0.1) is 6.92 Å². The highest BCUT2D eigenvalue weighted by atomic mass is 35.5. The van der Waals surface area contributed by atoms with E-state index in [9.17, 15) is 14.4 Å². The van der Waals surface area contributed by atoms with Crippen molar-refractivity contribution in [3.8, 4) is 0 Å². The number of benzene rings is 3. The molecule has 3 aromatic rings. The largest absolute Gasteiger partial charge is 0.369 e. The van der Waals surface area contributed by atoms with Gasteiger partial charge in [-0.15, -0.1) is 0 Å². The van der Waals surface area contributed by atoms with E-state index in [4.69, 9.17) is 11.6 Å². The Morgan fingerprint density at radius 2 is 1.57 bits per heavy atom. The average molecular weight is 562 g/mol. The Morgan fingerprint density at radius 3 is 2.27 bits per heavy atom. The van der Waals surface area contributed by atoms with Gasteiger partial charge in [-0.2, -0.15) is 0 Å². The number of urea groups is 1. The first-order valence-electron chi connectivity index (χ1n) is 13.7. The van der Waals surface area contributed by atoms with Gasteiger partial charge in [0.05, 0.1) is 5.56 Å². The molecule has 9 heteroatoms. The lowest BCUT2D eigenvalue weighted by molar-refractivity contribution is 0.0773. The van der Waals surface area contributed by atoms with Gasteiger partial charge in [-0.3, -0.25) is 9.59 Å². The van der Waals surface area contributed by atoms with E-state index in [1.807, 2.05) is 62.1 Å². The highest BCUT2D eigenvalue weighted by molar-refractivity contribution is 6.30. The second-order valence-corrected chi connectivity index (χ2v) is 10.2. The maximum atomic E-state index is 13.6. The van der Waals surface area contributed by atoms with Crippen LogP contribution < -0.4 is 15.5 Å². The maximum absolute atomic E-state index is 13.6. The predicted octanol–water partition coefficient (Wildman–Crippen LogP) is 6.13. The molecule has 0 spiro atoms. The quantitative estimate of drug-likeness (QED) is 0.363. The minimum absolute atomic E-state index is 0.0964. The van der Waals surface area contributed by atoms with Crippen molar-refractivity contribution in [2.45, 2.75) is 27.2 Å². The molecular weight excluding hydrogens is 526 g/mol. The van der Waals surface area contributed by atoms with Gasteiger partial charge < -0.3 is 25.3 Å². The van der Waals surface area contributed by atoms with Crippen LogP contribution in [0.15, 0.2) is 66.7 Å². The molecule has 1 saturated heterocycles. The third-order valence-corrected chi connectivity index (χ3v) is 7.29. The molecule has 1 fully saturated rings. The number of halogens is 1. The third kappa shape index (κ3) is 7.12. The summed E-state index contributed by atoms with van der Waals surface area (Å²) in [5, 5.41) is 6.46. The zero-order valence-electron chi connectivity index (χ0n) is 23.2. The number of anilines is 3. The fourth-order valence-electron chi connectivity index (χ4n) is 4.83. The summed E-state index contributed by atoms with van der Waals surface area (Å²) in [4.78, 5) is 45.2. The van der Waals surface area contributed by atoms with Gasteiger partial charge in [-0.1, -0.05) is 23.7 Å². The van der Waals surface area contributed by atoms with Crippen molar-refractivity contribution < 1.29 is 14.4 Å². The van der Waals surface area contributed by atoms with E-state index in [1.165, 1.54) is 0 Å². The van der Waals surface area contributed by atoms with E-state index in [0.29, 0.717) is 61.1 Å². The van der Waals surface area contributed by atoms with E-state index < -0.39 is 0 Å². The van der Waals surface area contributed by atoms with Crippen LogP contribution in [0.25, 0.3) is 0 Å². The standard InChI is InChI=1S/C31H36ClN5O3/c1-4-35(5-2)30(39)27-21-26(33-29(38)23-10-12-24(32)13-11-23)14-15-28(27)36-16-7-17-37(19-18-36)31(40)34-25-9-6-8-22(3)20-25/h6,8-15,20-21H,4-5,7,16-19H2,1-3H3,(H,33,38)(H,34,40). The average Bonchev–Trinajstić information content (AvgIpc) is 3.20. The van der Waals surface area contributed by atoms with E-state index in [1.54, 1.807) is 35.2 Å². The minimum atomic E-state index is -0.282. The van der Waals surface area contributed by atoms with Gasteiger partial charge in [0.1, 0.15) is 0 Å². The molecule has 0 aromatic heterocycles. The number of rotatable bonds is 7. The number of carbonyl (C=O) groups is 3. The molecule has 3 aromatic carbocycles. The van der Waals surface area contributed by atoms with Crippen LogP contribution in [-0.4, -0.2) is 66.9 Å². The Bertz CT molecular complexity index is 1360. The molecule has 4 rings (SSSR count). The molecule has 0 saturated carbocycles. The normalized spacial score (nSPS) is 13.4. The minimum Gasteiger partial charge on any atom is -0.369 e. The van der Waals surface area contributed by atoms with Gasteiger partial charge in [0.2, 0.25) is 0 Å². The van der Waals surface area contributed by atoms with E-state index >= 15 is 0 Å². The third-order valence-electron chi connectivity index (χ3n) is 7.04. The number of hydrogen-bond donors (Lipinski definition) is 2. The number of aryl methyl sites for hydroxylation is 1. The molecule has 4 amide bonds. The summed E-state index contributed by atoms with van der Waals surface area (Å²) < 4.78 is 0. The molecule has 0 aliphatic carbocycles. The number of nitrogens with one attached hydrogen (secondary N) is 2. The molecule has 8 nitrogen and oxygen atoms in total. The maximum Gasteiger partial charge on any atom is 0.321 e. The van der Waals surface area contributed by atoms with Crippen molar-refractivity contribution in [1.29, 1.82) is 0 Å². The molecule has 1 heterocycles. The van der Waals surface area contributed by atoms with Gasteiger partial charge in [-0.25, -0.2) is 4.79 Å². The summed E-state index contributed by atoms with van der Waals surface area (Å²) in [6.07, 6.45) is 0.759. The molecule has 1 aliphatic rings. The first-order valence-corrected chi connectivity index (χ1v) is 14.0. The SMILES string of the molecule is CCN(CC)C(=O)c1cc(NC(=O)c2ccc(Cl)cc2)ccc1N1CCCN(C(=O)Nc2cccc(C)c2)CC1. The van der Waals surface area contributed by atoms with Gasteiger partial charge >= 0.3 is 6.03 Å². The van der Waals surface area contributed by atoms with Crippen LogP contribution in [0.1, 0.15) is 46.5 Å². The lowest BCUT2D eigenvalue weighted by atomic mass is 10.1. The molecule has 1 aliphatic heterocycles. The number of nitrogens with zero attached hydrogens (tertiary/aromatic N) is 3. The Morgan fingerprint density at radius 1 is 0.850 bits per heavy atom. The molecular formula is C31H36ClN5O3. The van der Waals surface area contributed by atoms with Crippen LogP contribution in [0.2, 0.25) is 5.02 Å². The smallest absolute Gasteiger partial charge is 0.321 e. The first-order chi connectivity index (χ1) is 19.3. The lowest BCUT2D eigenvalue weighted by Gasteiger charge is -2.28. The Kier molecular flexibility index (Phi) is 9.66. The monoisotopic (exact) mass is 561 g/mol. The summed E-state index contributed by atoms with van der Waals surface area (Å²) in [5.74, 6) is -0.378. The van der Waals surface area contributed by atoms with Crippen LogP contribution in [0.4, 0.5) is 21.9 Å². The highest BCUT2D eigenvalue weighted by Gasteiger charge is 2.25. The van der Waals surface area contributed by atoms with E-state index in [0.717, 1.165) is 23.4 Å². The second kappa shape index (κ2) is 13.3. The van der Waals surface area contributed by atoms with Crippen molar-refractivity contribution in [2.24, 2.45) is 0 Å². The molecule has 0 bridgehead atoms. The Labute approximate surface area is 240 Å². The van der Waals surface area contributed by atoms with Gasteiger partial charge in [-0.05, 0) is 87.4 Å². The van der Waals surface area contributed by atoms with Crippen LogP contribution in [0.5, 0.6) is 0 Å². The number of hydrogen-bond acceptors (Lipinski definition) is 4. The predicted molar refractivity (Wildman–Crippen MR) is 162 cm³/mol. The summed E-state index contributed by atoms with van der Waals surface area (Å²) >= 11 is 5.96. The van der Waals surface area contributed by atoms with Crippen molar-refractivity contribution in [3.05, 3.63) is 88.4 Å². The molecule has 0 unspecified atom stereocenters. The number of carbonyl (C=O) groups excluding carboxylic acids is 3. The topological polar surface area (TPSA) is 85.0 Å². The second-order valence-electron chi connectivity index (χ2n) is 9.80. The Hall–Kier alpha value is -4.04. The fraction of sp³-hybridized carbons (Fsp3) is 0.323. The van der Waals surface area contributed by atoms with Crippen LogP contribution in [0.3, 0.4) is 0 Å². The summed E-state index contributed by atoms with van der Waals surface area (Å²) in [6.45, 7) is 9.44. The van der Waals surface area contributed by atoms with Gasteiger partial charge in [0.15, 0.2) is 0 Å². The summed E-state index contributed by atoms with van der Waals surface area (Å²) in [7, 11) is 0. The summed E-state index contributed by atoms with van der Waals surface area (Å²) in [6, 6.07) is 19.7. The number of amides is 4. The van der Waals surface area contributed by atoms with Crippen molar-refractivity contribution >= 4 is 46.5 Å². The zero-order chi connectivity index (χ0) is 28.6. The highest BCUT2D eigenvalue weighted by Crippen LogP contribution is 2.28. The van der Waals surface area contributed by atoms with E-state index in [2.05, 4.69) is 15.5 Å². The van der Waals surface area contributed by atoms with Crippen molar-refractivity contribution in [3.63, 3.8) is 0 Å². The lowest BCUT2D eigenvalue weighted by Crippen LogP contribution is -2.38. The fourth-order valence-corrected chi connectivity index (χ4v) is 4.96. The molecule has 210 valence electrons.